The van der Waals surface area contributed by atoms with Gasteiger partial charge in [-0.15, -0.1) is 0 Å². The van der Waals surface area contributed by atoms with E-state index in [1.165, 1.54) is 11.1 Å². The van der Waals surface area contributed by atoms with Crippen molar-refractivity contribution in [1.29, 1.82) is 0 Å². The molecular formula is C14H19NO2. The summed E-state index contributed by atoms with van der Waals surface area (Å²) in [5.74, 6) is -0.0789. The molecule has 0 amide bonds. The second-order valence-electron chi connectivity index (χ2n) is 4.87. The van der Waals surface area contributed by atoms with E-state index in [0.29, 0.717) is 18.5 Å². The lowest BCUT2D eigenvalue weighted by molar-refractivity contribution is -0.136. The molecule has 0 unspecified atom stereocenters. The van der Waals surface area contributed by atoms with Crippen LogP contribution < -0.4 is 5.32 Å². The molecule has 1 saturated carbocycles. The van der Waals surface area contributed by atoms with Crippen LogP contribution in [0, 0.1) is 6.92 Å². The van der Waals surface area contributed by atoms with Crippen molar-refractivity contribution in [3.05, 3.63) is 35.4 Å². The standard InChI is InChI=1S/C14H19NO2/c1-10-2-4-11(5-3-10)12-8-13(9-12)15-7-6-14(16)17/h2-5,12-13,15H,6-9H2,1H3,(H,16,17). The number of hydrogen-bond acceptors (Lipinski definition) is 2. The van der Waals surface area contributed by atoms with Gasteiger partial charge in [-0.05, 0) is 31.2 Å². The zero-order chi connectivity index (χ0) is 12.3. The van der Waals surface area contributed by atoms with Gasteiger partial charge in [0.15, 0.2) is 0 Å². The molecule has 0 atom stereocenters. The molecule has 0 aromatic heterocycles. The molecule has 1 aromatic rings. The Morgan fingerprint density at radius 1 is 1.35 bits per heavy atom. The first-order valence-electron chi connectivity index (χ1n) is 6.17. The molecule has 1 fully saturated rings. The summed E-state index contributed by atoms with van der Waals surface area (Å²) in [6.07, 6.45) is 2.47. The van der Waals surface area contributed by atoms with Crippen LogP contribution in [0.5, 0.6) is 0 Å². The minimum Gasteiger partial charge on any atom is -0.481 e. The molecule has 0 spiro atoms. The van der Waals surface area contributed by atoms with Gasteiger partial charge in [-0.2, -0.15) is 0 Å². The van der Waals surface area contributed by atoms with Crippen molar-refractivity contribution in [3.63, 3.8) is 0 Å². The average molecular weight is 233 g/mol. The predicted octanol–water partition coefficient (Wildman–Crippen LogP) is 2.31. The number of aliphatic carboxylic acids is 1. The number of carboxylic acids is 1. The van der Waals surface area contributed by atoms with Crippen LogP contribution in [0.1, 0.15) is 36.3 Å². The molecule has 0 radical (unpaired) electrons. The Balaban J connectivity index is 1.71. The highest BCUT2D eigenvalue weighted by Crippen LogP contribution is 2.36. The van der Waals surface area contributed by atoms with Crippen molar-refractivity contribution in [2.45, 2.75) is 38.1 Å². The zero-order valence-corrected chi connectivity index (χ0v) is 10.1. The van der Waals surface area contributed by atoms with E-state index in [9.17, 15) is 4.79 Å². The normalized spacial score (nSPS) is 23.1. The zero-order valence-electron chi connectivity index (χ0n) is 10.1. The maximum absolute atomic E-state index is 10.4. The fourth-order valence-electron chi connectivity index (χ4n) is 2.28. The average Bonchev–Trinajstić information content (AvgIpc) is 2.23. The Bertz CT molecular complexity index is 380. The van der Waals surface area contributed by atoms with Crippen molar-refractivity contribution < 1.29 is 9.90 Å². The molecule has 1 aliphatic rings. The maximum Gasteiger partial charge on any atom is 0.304 e. The minimum atomic E-state index is -0.730. The number of aryl methyl sites for hydroxylation is 1. The molecule has 2 rings (SSSR count). The summed E-state index contributed by atoms with van der Waals surface area (Å²) in [6.45, 7) is 2.68. The number of nitrogens with one attached hydrogen (secondary N) is 1. The topological polar surface area (TPSA) is 49.3 Å². The summed E-state index contributed by atoms with van der Waals surface area (Å²) >= 11 is 0. The first-order valence-corrected chi connectivity index (χ1v) is 6.17. The van der Waals surface area contributed by atoms with Crippen molar-refractivity contribution in [3.8, 4) is 0 Å². The Labute approximate surface area is 102 Å². The third-order valence-corrected chi connectivity index (χ3v) is 3.46. The first kappa shape index (κ1) is 12.1. The molecule has 0 aliphatic heterocycles. The Morgan fingerprint density at radius 2 is 2.00 bits per heavy atom. The van der Waals surface area contributed by atoms with Crippen LogP contribution >= 0.6 is 0 Å². The number of carboxylic acid groups (broad SMARTS) is 1. The Kier molecular flexibility index (Phi) is 3.79. The molecule has 92 valence electrons. The Hall–Kier alpha value is -1.35. The van der Waals surface area contributed by atoms with Gasteiger partial charge in [-0.3, -0.25) is 4.79 Å². The van der Waals surface area contributed by atoms with Crippen molar-refractivity contribution in [2.75, 3.05) is 6.54 Å². The summed E-state index contributed by atoms with van der Waals surface area (Å²) in [5, 5.41) is 11.8. The van der Waals surface area contributed by atoms with Gasteiger partial charge >= 0.3 is 5.97 Å². The summed E-state index contributed by atoms with van der Waals surface area (Å²) in [7, 11) is 0. The molecular weight excluding hydrogens is 214 g/mol. The van der Waals surface area contributed by atoms with E-state index in [4.69, 9.17) is 5.11 Å². The minimum absolute atomic E-state index is 0.214. The molecule has 0 heterocycles. The molecule has 2 N–H and O–H groups in total. The molecule has 1 aromatic carbocycles. The molecule has 0 saturated heterocycles. The van der Waals surface area contributed by atoms with Crippen LogP contribution in [0.2, 0.25) is 0 Å². The van der Waals surface area contributed by atoms with Crippen molar-refractivity contribution in [1.82, 2.24) is 5.32 Å². The fourth-order valence-corrected chi connectivity index (χ4v) is 2.28. The fraction of sp³-hybridized carbons (Fsp3) is 0.500. The van der Waals surface area contributed by atoms with E-state index in [1.807, 2.05) is 0 Å². The smallest absolute Gasteiger partial charge is 0.304 e. The van der Waals surface area contributed by atoms with E-state index >= 15 is 0 Å². The van der Waals surface area contributed by atoms with Crippen LogP contribution in [0.15, 0.2) is 24.3 Å². The third-order valence-electron chi connectivity index (χ3n) is 3.46. The second-order valence-corrected chi connectivity index (χ2v) is 4.87. The number of hydrogen-bond donors (Lipinski definition) is 2. The van der Waals surface area contributed by atoms with Gasteiger partial charge < -0.3 is 10.4 Å². The van der Waals surface area contributed by atoms with Gasteiger partial charge in [0.25, 0.3) is 0 Å². The molecule has 1 aliphatic carbocycles. The quantitative estimate of drug-likeness (QED) is 0.820. The lowest BCUT2D eigenvalue weighted by Gasteiger charge is -2.36. The highest BCUT2D eigenvalue weighted by molar-refractivity contribution is 5.66. The van der Waals surface area contributed by atoms with Crippen LogP contribution in [0.3, 0.4) is 0 Å². The van der Waals surface area contributed by atoms with E-state index < -0.39 is 5.97 Å². The monoisotopic (exact) mass is 233 g/mol. The van der Waals surface area contributed by atoms with Gasteiger partial charge in [-0.25, -0.2) is 0 Å². The number of rotatable bonds is 5. The van der Waals surface area contributed by atoms with Crippen molar-refractivity contribution >= 4 is 5.97 Å². The second kappa shape index (κ2) is 5.32. The number of carbonyl (C=O) groups is 1. The maximum atomic E-state index is 10.4. The van der Waals surface area contributed by atoms with Gasteiger partial charge in [-0.1, -0.05) is 29.8 Å². The summed E-state index contributed by atoms with van der Waals surface area (Å²) in [4.78, 5) is 10.4. The van der Waals surface area contributed by atoms with Gasteiger partial charge in [0.2, 0.25) is 0 Å². The number of benzene rings is 1. The predicted molar refractivity (Wildman–Crippen MR) is 67.2 cm³/mol. The highest BCUT2D eigenvalue weighted by Gasteiger charge is 2.29. The summed E-state index contributed by atoms with van der Waals surface area (Å²) < 4.78 is 0. The van der Waals surface area contributed by atoms with E-state index in [2.05, 4.69) is 36.5 Å². The largest absolute Gasteiger partial charge is 0.481 e. The molecule has 0 bridgehead atoms. The van der Waals surface area contributed by atoms with E-state index in [-0.39, 0.29) is 6.42 Å². The summed E-state index contributed by atoms with van der Waals surface area (Å²) in [6, 6.07) is 9.21. The Morgan fingerprint density at radius 3 is 2.59 bits per heavy atom. The van der Waals surface area contributed by atoms with Crippen molar-refractivity contribution in [2.24, 2.45) is 0 Å². The van der Waals surface area contributed by atoms with Crippen LogP contribution in [-0.2, 0) is 4.79 Å². The van der Waals surface area contributed by atoms with Gasteiger partial charge in [0, 0.05) is 12.6 Å². The molecule has 3 heteroatoms. The van der Waals surface area contributed by atoms with Crippen LogP contribution in [0.25, 0.3) is 0 Å². The molecule has 17 heavy (non-hydrogen) atoms. The highest BCUT2D eigenvalue weighted by atomic mass is 16.4. The third kappa shape index (κ3) is 3.30. The molecule has 3 nitrogen and oxygen atoms in total. The lowest BCUT2D eigenvalue weighted by Crippen LogP contribution is -2.40. The first-order chi connectivity index (χ1) is 8.15. The van der Waals surface area contributed by atoms with Gasteiger partial charge in [0.05, 0.1) is 6.42 Å². The van der Waals surface area contributed by atoms with Crippen LogP contribution in [-0.4, -0.2) is 23.7 Å². The summed E-state index contributed by atoms with van der Waals surface area (Å²) in [5.41, 5.74) is 2.70. The SMILES string of the molecule is Cc1ccc(C2CC(NCCC(=O)O)C2)cc1. The van der Waals surface area contributed by atoms with Crippen LogP contribution in [0.4, 0.5) is 0 Å². The van der Waals surface area contributed by atoms with E-state index in [0.717, 1.165) is 12.8 Å². The van der Waals surface area contributed by atoms with Gasteiger partial charge in [0.1, 0.15) is 0 Å². The lowest BCUT2D eigenvalue weighted by atomic mass is 9.76. The van der Waals surface area contributed by atoms with E-state index in [1.54, 1.807) is 0 Å².